The number of para-hydroxylation sites is 1. The molecule has 2 heterocycles. The molecule has 0 aliphatic heterocycles. The zero-order valence-corrected chi connectivity index (χ0v) is 24.8. The van der Waals surface area contributed by atoms with E-state index in [1.807, 2.05) is 22.7 Å². The number of thiophene rings is 2. The van der Waals surface area contributed by atoms with E-state index >= 15 is 0 Å². The molecule has 43 heavy (non-hydrogen) atoms. The lowest BCUT2D eigenvalue weighted by atomic mass is 9.96. The third-order valence-electron chi connectivity index (χ3n) is 8.47. The molecule has 0 spiro atoms. The molecule has 3 heteroatoms. The lowest BCUT2D eigenvalue weighted by Gasteiger charge is -2.29. The fraction of sp³-hybridized carbons (Fsp3) is 0. The molecule has 0 aliphatic rings. The Morgan fingerprint density at radius 1 is 0.326 bits per heavy atom. The first-order valence-corrected chi connectivity index (χ1v) is 16.2. The molecular formula is C40H25NS2. The summed E-state index contributed by atoms with van der Waals surface area (Å²) in [6, 6.07) is 55.4. The van der Waals surface area contributed by atoms with Crippen LogP contribution < -0.4 is 4.90 Å². The minimum absolute atomic E-state index is 1.17. The second kappa shape index (κ2) is 9.81. The number of fused-ring (bicyclic) bond motifs is 7. The van der Waals surface area contributed by atoms with E-state index in [2.05, 4.69) is 157 Å². The van der Waals surface area contributed by atoms with Gasteiger partial charge in [-0.3, -0.25) is 0 Å². The molecule has 0 aliphatic carbocycles. The van der Waals surface area contributed by atoms with E-state index in [0.717, 1.165) is 0 Å². The van der Waals surface area contributed by atoms with Crippen LogP contribution in [0.1, 0.15) is 0 Å². The highest BCUT2D eigenvalue weighted by Crippen LogP contribution is 2.50. The van der Waals surface area contributed by atoms with Gasteiger partial charge in [-0.05, 0) is 46.7 Å². The predicted octanol–water partition coefficient (Wildman–Crippen LogP) is 12.7. The average Bonchev–Trinajstić information content (AvgIpc) is 3.65. The van der Waals surface area contributed by atoms with Gasteiger partial charge in [-0.25, -0.2) is 0 Å². The van der Waals surface area contributed by atoms with Crippen molar-refractivity contribution in [2.45, 2.75) is 0 Å². The van der Waals surface area contributed by atoms with Gasteiger partial charge in [0.1, 0.15) is 0 Å². The summed E-state index contributed by atoms with van der Waals surface area (Å²) in [5, 5.41) is 7.74. The highest BCUT2D eigenvalue weighted by Gasteiger charge is 2.24. The Bertz CT molecular complexity index is 2360. The number of benzene rings is 7. The molecule has 0 fully saturated rings. The van der Waals surface area contributed by atoms with E-state index < -0.39 is 0 Å². The van der Waals surface area contributed by atoms with Crippen LogP contribution in [-0.2, 0) is 0 Å². The third-order valence-corrected chi connectivity index (χ3v) is 10.9. The number of hydrogen-bond acceptors (Lipinski definition) is 3. The van der Waals surface area contributed by atoms with E-state index in [4.69, 9.17) is 0 Å². The van der Waals surface area contributed by atoms with E-state index in [0.29, 0.717) is 0 Å². The van der Waals surface area contributed by atoms with Gasteiger partial charge in [-0.2, -0.15) is 0 Å². The zero-order chi connectivity index (χ0) is 28.3. The monoisotopic (exact) mass is 583 g/mol. The summed E-state index contributed by atoms with van der Waals surface area (Å²) < 4.78 is 5.23. The molecule has 0 saturated heterocycles. The van der Waals surface area contributed by atoms with Crippen molar-refractivity contribution in [2.75, 3.05) is 4.90 Å². The first-order chi connectivity index (χ1) is 21.3. The molecule has 9 aromatic rings. The van der Waals surface area contributed by atoms with Crippen molar-refractivity contribution < 1.29 is 0 Å². The zero-order valence-electron chi connectivity index (χ0n) is 23.2. The van der Waals surface area contributed by atoms with Crippen LogP contribution in [0, 0.1) is 0 Å². The molecule has 0 N–H and O–H groups in total. The number of nitrogens with zero attached hydrogens (tertiary/aromatic N) is 1. The summed E-state index contributed by atoms with van der Waals surface area (Å²) in [5.74, 6) is 0. The number of rotatable bonds is 4. The largest absolute Gasteiger partial charge is 0.307 e. The average molecular weight is 584 g/mol. The summed E-state index contributed by atoms with van der Waals surface area (Å²) in [6.45, 7) is 0. The molecule has 0 bridgehead atoms. The Labute approximate surface area is 257 Å². The normalized spacial score (nSPS) is 11.7. The van der Waals surface area contributed by atoms with Crippen LogP contribution in [0.15, 0.2) is 152 Å². The Kier molecular flexibility index (Phi) is 5.62. The third kappa shape index (κ3) is 3.82. The molecular weight excluding hydrogens is 559 g/mol. The molecule has 9 rings (SSSR count). The maximum Gasteiger partial charge on any atom is 0.0641 e. The van der Waals surface area contributed by atoms with Crippen molar-refractivity contribution in [3.8, 4) is 11.1 Å². The highest BCUT2D eigenvalue weighted by atomic mass is 32.1. The Hall–Kier alpha value is -4.96. The fourth-order valence-electron chi connectivity index (χ4n) is 6.56. The van der Waals surface area contributed by atoms with Crippen molar-refractivity contribution in [3.05, 3.63) is 152 Å². The number of hydrogen-bond donors (Lipinski definition) is 0. The van der Waals surface area contributed by atoms with E-state index in [1.165, 1.54) is 79.3 Å². The van der Waals surface area contributed by atoms with Crippen molar-refractivity contribution in [2.24, 2.45) is 0 Å². The van der Waals surface area contributed by atoms with Crippen LogP contribution in [0.2, 0.25) is 0 Å². The first kappa shape index (κ1) is 24.6. The van der Waals surface area contributed by atoms with Crippen LogP contribution in [-0.4, -0.2) is 0 Å². The highest BCUT2D eigenvalue weighted by molar-refractivity contribution is 7.27. The van der Waals surface area contributed by atoms with Crippen molar-refractivity contribution >= 4 is 90.9 Å². The summed E-state index contributed by atoms with van der Waals surface area (Å²) in [5.41, 5.74) is 6.04. The van der Waals surface area contributed by atoms with Gasteiger partial charge >= 0.3 is 0 Å². The predicted molar refractivity (Wildman–Crippen MR) is 190 cm³/mol. The van der Waals surface area contributed by atoms with Gasteiger partial charge in [-0.1, -0.05) is 121 Å². The van der Waals surface area contributed by atoms with Gasteiger partial charge in [0.25, 0.3) is 0 Å². The first-order valence-electron chi connectivity index (χ1n) is 14.5. The van der Waals surface area contributed by atoms with Gasteiger partial charge < -0.3 is 4.90 Å². The topological polar surface area (TPSA) is 3.24 Å². The maximum absolute atomic E-state index is 2.52. The quantitative estimate of drug-likeness (QED) is 0.199. The Morgan fingerprint density at radius 2 is 0.767 bits per heavy atom. The SMILES string of the molecule is c1ccc(N(c2cccc3c2sc2ccccc23)c2cccc3c2sc2ccccc23)c(-c2cccc3ccccc23)c1. The van der Waals surface area contributed by atoms with Crippen molar-refractivity contribution in [1.82, 2.24) is 0 Å². The van der Waals surface area contributed by atoms with E-state index in [-0.39, 0.29) is 0 Å². The molecule has 2 aromatic heterocycles. The minimum Gasteiger partial charge on any atom is -0.307 e. The molecule has 202 valence electrons. The van der Waals surface area contributed by atoms with Gasteiger partial charge in [-0.15, -0.1) is 22.7 Å². The summed E-state index contributed by atoms with van der Waals surface area (Å²) in [6.07, 6.45) is 0. The summed E-state index contributed by atoms with van der Waals surface area (Å²) in [4.78, 5) is 2.52. The maximum atomic E-state index is 2.52. The van der Waals surface area contributed by atoms with Gasteiger partial charge in [0, 0.05) is 36.5 Å². The Balaban J connectivity index is 1.40. The fourth-order valence-corrected chi connectivity index (χ4v) is 8.98. The van der Waals surface area contributed by atoms with Gasteiger partial charge in [0.15, 0.2) is 0 Å². The minimum atomic E-state index is 1.17. The molecule has 7 aromatic carbocycles. The summed E-state index contributed by atoms with van der Waals surface area (Å²) in [7, 11) is 0. The van der Waals surface area contributed by atoms with Gasteiger partial charge in [0.2, 0.25) is 0 Å². The van der Waals surface area contributed by atoms with Crippen molar-refractivity contribution in [3.63, 3.8) is 0 Å². The van der Waals surface area contributed by atoms with Crippen LogP contribution in [0.3, 0.4) is 0 Å². The Morgan fingerprint density at radius 3 is 1.44 bits per heavy atom. The van der Waals surface area contributed by atoms with E-state index in [1.54, 1.807) is 0 Å². The molecule has 0 radical (unpaired) electrons. The smallest absolute Gasteiger partial charge is 0.0641 e. The second-order valence-electron chi connectivity index (χ2n) is 10.9. The summed E-state index contributed by atoms with van der Waals surface area (Å²) >= 11 is 3.76. The molecule has 0 amide bonds. The molecule has 0 atom stereocenters. The lowest BCUT2D eigenvalue weighted by Crippen LogP contribution is -2.11. The van der Waals surface area contributed by atoms with Crippen LogP contribution in [0.5, 0.6) is 0 Å². The van der Waals surface area contributed by atoms with Crippen LogP contribution in [0.4, 0.5) is 17.1 Å². The molecule has 1 nitrogen and oxygen atoms in total. The standard InChI is InChI=1S/C40H25NS2/c1-2-14-27-26(12-1)13-9-18-28(27)29-15-3-6-21-34(29)41(35-22-10-19-32-30-16-4-7-24-37(30)42-39(32)35)36-23-11-20-33-31-17-5-8-25-38(31)43-40(33)36/h1-25H. The lowest BCUT2D eigenvalue weighted by molar-refractivity contribution is 1.32. The molecule has 0 saturated carbocycles. The molecule has 0 unspecified atom stereocenters. The second-order valence-corrected chi connectivity index (χ2v) is 13.0. The van der Waals surface area contributed by atoms with Crippen LogP contribution in [0.25, 0.3) is 62.2 Å². The van der Waals surface area contributed by atoms with E-state index in [9.17, 15) is 0 Å². The number of anilines is 3. The van der Waals surface area contributed by atoms with Crippen molar-refractivity contribution in [1.29, 1.82) is 0 Å². The van der Waals surface area contributed by atoms with Gasteiger partial charge in [0.05, 0.1) is 26.5 Å². The van der Waals surface area contributed by atoms with Crippen LogP contribution >= 0.6 is 22.7 Å².